The van der Waals surface area contributed by atoms with Crippen LogP contribution >= 0.6 is 11.6 Å². The molecule has 2 rings (SSSR count). The van der Waals surface area contributed by atoms with Gasteiger partial charge in [0.1, 0.15) is 17.5 Å². The average Bonchev–Trinajstić information content (AvgIpc) is 2.36. The van der Waals surface area contributed by atoms with Gasteiger partial charge in [-0.2, -0.15) is 0 Å². The zero-order valence-electron chi connectivity index (χ0n) is 10.5. The van der Waals surface area contributed by atoms with E-state index >= 15 is 0 Å². The van der Waals surface area contributed by atoms with Crippen molar-refractivity contribution in [1.29, 1.82) is 0 Å². The Bertz CT molecular complexity index is 623. The van der Waals surface area contributed by atoms with Gasteiger partial charge in [-0.15, -0.1) is 11.6 Å². The van der Waals surface area contributed by atoms with Crippen molar-refractivity contribution < 1.29 is 13.2 Å². The lowest BCUT2D eigenvalue weighted by atomic mass is 10.0. The monoisotopic (exact) mass is 284 g/mol. The standard InChI is InChI=1S/C15H12ClF3/c1-8-5-10(3-4-12(8)17)15(16)11-7-13(18)9(2)6-14(11)19/h3-7,15H,1-2H3. The van der Waals surface area contributed by atoms with Gasteiger partial charge in [0.25, 0.3) is 0 Å². The van der Waals surface area contributed by atoms with Gasteiger partial charge in [0, 0.05) is 5.56 Å². The molecule has 0 bridgehead atoms. The van der Waals surface area contributed by atoms with Gasteiger partial charge < -0.3 is 0 Å². The van der Waals surface area contributed by atoms with E-state index in [1.807, 2.05) is 0 Å². The fourth-order valence-electron chi connectivity index (χ4n) is 1.86. The molecule has 0 aliphatic heterocycles. The molecule has 0 aliphatic carbocycles. The Labute approximate surface area is 114 Å². The highest BCUT2D eigenvalue weighted by molar-refractivity contribution is 6.22. The van der Waals surface area contributed by atoms with Crippen LogP contribution in [0.15, 0.2) is 30.3 Å². The minimum Gasteiger partial charge on any atom is -0.207 e. The molecule has 0 heterocycles. The second-order valence-corrected chi connectivity index (χ2v) is 4.93. The lowest BCUT2D eigenvalue weighted by molar-refractivity contribution is 0.580. The van der Waals surface area contributed by atoms with Crippen molar-refractivity contribution in [3.05, 3.63) is 70.0 Å². The van der Waals surface area contributed by atoms with Gasteiger partial charge in [-0.1, -0.05) is 12.1 Å². The maximum atomic E-state index is 13.8. The number of benzene rings is 2. The second-order valence-electron chi connectivity index (χ2n) is 4.49. The third kappa shape index (κ3) is 2.76. The molecule has 0 fully saturated rings. The smallest absolute Gasteiger partial charge is 0.128 e. The van der Waals surface area contributed by atoms with Crippen molar-refractivity contribution in [1.82, 2.24) is 0 Å². The number of hydrogen-bond donors (Lipinski definition) is 0. The molecule has 0 saturated carbocycles. The van der Waals surface area contributed by atoms with Crippen molar-refractivity contribution in [2.75, 3.05) is 0 Å². The molecular formula is C15H12ClF3. The molecule has 2 aromatic carbocycles. The van der Waals surface area contributed by atoms with Crippen molar-refractivity contribution in [2.24, 2.45) is 0 Å². The van der Waals surface area contributed by atoms with Gasteiger partial charge in [-0.05, 0) is 48.7 Å². The zero-order chi connectivity index (χ0) is 14.2. The van der Waals surface area contributed by atoms with Crippen molar-refractivity contribution in [3.63, 3.8) is 0 Å². The summed E-state index contributed by atoms with van der Waals surface area (Å²) in [5.41, 5.74) is 1.22. The minimum atomic E-state index is -0.852. The predicted molar refractivity (Wildman–Crippen MR) is 69.9 cm³/mol. The van der Waals surface area contributed by atoms with E-state index in [1.54, 1.807) is 6.92 Å². The molecule has 100 valence electrons. The first kappa shape index (κ1) is 13.9. The van der Waals surface area contributed by atoms with Crippen LogP contribution < -0.4 is 0 Å². The number of halogens is 4. The Balaban J connectivity index is 2.46. The summed E-state index contributed by atoms with van der Waals surface area (Å²) in [5.74, 6) is -1.44. The molecule has 0 aliphatic rings. The topological polar surface area (TPSA) is 0 Å². The van der Waals surface area contributed by atoms with Gasteiger partial charge in [0.2, 0.25) is 0 Å². The molecule has 0 saturated heterocycles. The van der Waals surface area contributed by atoms with Gasteiger partial charge in [-0.3, -0.25) is 0 Å². The second kappa shape index (κ2) is 5.25. The molecule has 1 atom stereocenters. The molecule has 4 heteroatoms. The van der Waals surface area contributed by atoms with Crippen LogP contribution in [0, 0.1) is 31.3 Å². The lowest BCUT2D eigenvalue weighted by Gasteiger charge is -2.13. The zero-order valence-corrected chi connectivity index (χ0v) is 11.2. The number of rotatable bonds is 2. The van der Waals surface area contributed by atoms with E-state index in [0.717, 1.165) is 12.1 Å². The third-order valence-electron chi connectivity index (χ3n) is 3.03. The van der Waals surface area contributed by atoms with Crippen LogP contribution in [0.5, 0.6) is 0 Å². The maximum Gasteiger partial charge on any atom is 0.128 e. The van der Waals surface area contributed by atoms with Crippen molar-refractivity contribution in [2.45, 2.75) is 19.2 Å². The van der Waals surface area contributed by atoms with E-state index in [2.05, 4.69) is 0 Å². The largest absolute Gasteiger partial charge is 0.207 e. The summed E-state index contributed by atoms with van der Waals surface area (Å²) in [7, 11) is 0. The van der Waals surface area contributed by atoms with Crippen LogP contribution in [-0.4, -0.2) is 0 Å². The van der Waals surface area contributed by atoms with Crippen molar-refractivity contribution >= 4 is 11.6 Å². The molecular weight excluding hydrogens is 273 g/mol. The van der Waals surface area contributed by atoms with E-state index < -0.39 is 17.0 Å². The first-order valence-electron chi connectivity index (χ1n) is 5.76. The van der Waals surface area contributed by atoms with Gasteiger partial charge in [0.05, 0.1) is 5.38 Å². The third-order valence-corrected chi connectivity index (χ3v) is 3.51. The molecule has 1 unspecified atom stereocenters. The van der Waals surface area contributed by atoms with E-state index in [-0.39, 0.29) is 16.9 Å². The van der Waals surface area contributed by atoms with Gasteiger partial charge >= 0.3 is 0 Å². The summed E-state index contributed by atoms with van der Waals surface area (Å²) in [6.07, 6.45) is 0. The van der Waals surface area contributed by atoms with Crippen LogP contribution in [0.1, 0.15) is 27.6 Å². The quantitative estimate of drug-likeness (QED) is 0.677. The molecule has 0 aromatic heterocycles. The highest BCUT2D eigenvalue weighted by Gasteiger charge is 2.18. The molecule has 0 N–H and O–H groups in total. The molecule has 2 aromatic rings. The van der Waals surface area contributed by atoms with Crippen molar-refractivity contribution in [3.8, 4) is 0 Å². The first-order valence-corrected chi connectivity index (χ1v) is 6.19. The predicted octanol–water partition coefficient (Wildman–Crippen LogP) is 5.05. The Morgan fingerprint density at radius 1 is 0.842 bits per heavy atom. The molecule has 0 radical (unpaired) electrons. The van der Waals surface area contributed by atoms with Gasteiger partial charge in [-0.25, -0.2) is 13.2 Å². The lowest BCUT2D eigenvalue weighted by Crippen LogP contribution is -2.00. The van der Waals surface area contributed by atoms with Crippen LogP contribution in [0.2, 0.25) is 0 Å². The van der Waals surface area contributed by atoms with E-state index in [9.17, 15) is 13.2 Å². The summed E-state index contributed by atoms with van der Waals surface area (Å²) in [5, 5.41) is -0.852. The van der Waals surface area contributed by atoms with Crippen LogP contribution in [0.4, 0.5) is 13.2 Å². The average molecular weight is 285 g/mol. The number of hydrogen-bond acceptors (Lipinski definition) is 0. The Morgan fingerprint density at radius 2 is 1.47 bits per heavy atom. The maximum absolute atomic E-state index is 13.8. The summed E-state index contributed by atoms with van der Waals surface area (Å²) >= 11 is 6.16. The molecule has 0 spiro atoms. The number of aryl methyl sites for hydroxylation is 2. The molecule has 19 heavy (non-hydrogen) atoms. The van der Waals surface area contributed by atoms with Crippen LogP contribution in [-0.2, 0) is 0 Å². The van der Waals surface area contributed by atoms with Gasteiger partial charge in [0.15, 0.2) is 0 Å². The fraction of sp³-hybridized carbons (Fsp3) is 0.200. The normalized spacial score (nSPS) is 12.5. The van der Waals surface area contributed by atoms with E-state index in [1.165, 1.54) is 25.1 Å². The SMILES string of the molecule is Cc1cc(C(Cl)c2cc(F)c(C)cc2F)ccc1F. The summed E-state index contributed by atoms with van der Waals surface area (Å²) in [6.45, 7) is 3.07. The minimum absolute atomic E-state index is 0.0516. The summed E-state index contributed by atoms with van der Waals surface area (Å²) in [4.78, 5) is 0. The highest BCUT2D eigenvalue weighted by Crippen LogP contribution is 2.32. The van der Waals surface area contributed by atoms with E-state index in [4.69, 9.17) is 11.6 Å². The molecule has 0 nitrogen and oxygen atoms in total. The Kier molecular flexibility index (Phi) is 3.85. The van der Waals surface area contributed by atoms with Crippen LogP contribution in [0.3, 0.4) is 0 Å². The highest BCUT2D eigenvalue weighted by atomic mass is 35.5. The summed E-state index contributed by atoms with van der Waals surface area (Å²) in [6, 6.07) is 6.46. The summed E-state index contributed by atoms with van der Waals surface area (Å²) < 4.78 is 40.5. The Hall–Kier alpha value is -1.48. The molecule has 0 amide bonds. The number of alkyl halides is 1. The first-order chi connectivity index (χ1) is 8.90. The fourth-order valence-corrected chi connectivity index (χ4v) is 2.16. The van der Waals surface area contributed by atoms with E-state index in [0.29, 0.717) is 11.1 Å². The van der Waals surface area contributed by atoms with Crippen LogP contribution in [0.25, 0.3) is 0 Å². The Morgan fingerprint density at radius 3 is 2.11 bits per heavy atom.